The predicted molar refractivity (Wildman–Crippen MR) is 92.7 cm³/mol. The summed E-state index contributed by atoms with van der Waals surface area (Å²) in [5.74, 6) is 0.202. The van der Waals surface area contributed by atoms with Crippen molar-refractivity contribution < 1.29 is 4.79 Å². The zero-order chi connectivity index (χ0) is 16.0. The first-order chi connectivity index (χ1) is 11.1. The lowest BCUT2D eigenvalue weighted by atomic mass is 10.1. The van der Waals surface area contributed by atoms with Gasteiger partial charge in [-0.1, -0.05) is 24.5 Å². The Labute approximate surface area is 137 Å². The number of rotatable bonds is 3. The molecule has 0 atom stereocenters. The molecular formula is C20H24N2O. The summed E-state index contributed by atoms with van der Waals surface area (Å²) in [5.41, 5.74) is 3.83. The van der Waals surface area contributed by atoms with E-state index in [4.69, 9.17) is 0 Å². The van der Waals surface area contributed by atoms with E-state index in [2.05, 4.69) is 35.0 Å². The zero-order valence-electron chi connectivity index (χ0n) is 14.0. The van der Waals surface area contributed by atoms with E-state index in [1.165, 1.54) is 44.1 Å². The standard InChI is InChI=1S/C20H24N2O/c1-13-7-10-19-15(11-13)12-18(14(2)21-19)20(23)22(17-8-9-17)16-5-3-4-6-16/h7,10-12,16-17H,3-6,8-9H2,1-2H3. The number of nitrogens with zero attached hydrogens (tertiary/aromatic N) is 2. The van der Waals surface area contributed by atoms with Crippen molar-refractivity contribution in [1.82, 2.24) is 9.88 Å². The molecule has 23 heavy (non-hydrogen) atoms. The van der Waals surface area contributed by atoms with Gasteiger partial charge >= 0.3 is 0 Å². The van der Waals surface area contributed by atoms with E-state index in [1.54, 1.807) is 0 Å². The maximum atomic E-state index is 13.2. The second-order valence-corrected chi connectivity index (χ2v) is 7.20. The van der Waals surface area contributed by atoms with Crippen LogP contribution in [-0.4, -0.2) is 27.9 Å². The molecule has 120 valence electrons. The summed E-state index contributed by atoms with van der Waals surface area (Å²) in [6.45, 7) is 4.04. The van der Waals surface area contributed by atoms with E-state index in [9.17, 15) is 4.79 Å². The lowest BCUT2D eigenvalue weighted by Gasteiger charge is -2.29. The summed E-state index contributed by atoms with van der Waals surface area (Å²) in [4.78, 5) is 20.1. The van der Waals surface area contributed by atoms with Crippen LogP contribution < -0.4 is 0 Å². The Balaban J connectivity index is 1.74. The topological polar surface area (TPSA) is 33.2 Å². The highest BCUT2D eigenvalue weighted by molar-refractivity contribution is 5.99. The molecule has 1 heterocycles. The van der Waals surface area contributed by atoms with Crippen molar-refractivity contribution in [2.75, 3.05) is 0 Å². The van der Waals surface area contributed by atoms with Gasteiger partial charge < -0.3 is 4.90 Å². The van der Waals surface area contributed by atoms with Crippen LogP contribution in [0.1, 0.15) is 60.1 Å². The number of benzene rings is 1. The normalized spacial score (nSPS) is 18.5. The Morgan fingerprint density at radius 3 is 2.43 bits per heavy atom. The molecule has 1 amide bonds. The molecule has 2 aliphatic carbocycles. The number of aryl methyl sites for hydroxylation is 2. The number of carbonyl (C=O) groups excluding carboxylic acids is 1. The minimum atomic E-state index is 0.202. The third-order valence-electron chi connectivity index (χ3n) is 5.28. The highest BCUT2D eigenvalue weighted by Gasteiger charge is 2.39. The minimum Gasteiger partial charge on any atom is -0.333 e. The van der Waals surface area contributed by atoms with Gasteiger partial charge in [-0.25, -0.2) is 0 Å². The van der Waals surface area contributed by atoms with Gasteiger partial charge in [0.2, 0.25) is 0 Å². The average Bonchev–Trinajstić information content (AvgIpc) is 3.21. The van der Waals surface area contributed by atoms with Crippen molar-refractivity contribution in [2.24, 2.45) is 0 Å². The summed E-state index contributed by atoms with van der Waals surface area (Å²) in [7, 11) is 0. The molecule has 0 radical (unpaired) electrons. The number of fused-ring (bicyclic) bond motifs is 1. The summed E-state index contributed by atoms with van der Waals surface area (Å²) in [6.07, 6.45) is 7.19. The van der Waals surface area contributed by atoms with Gasteiger partial charge in [0.15, 0.2) is 0 Å². The van der Waals surface area contributed by atoms with E-state index in [0.717, 1.165) is 22.2 Å². The van der Waals surface area contributed by atoms with Gasteiger partial charge in [-0.15, -0.1) is 0 Å². The molecule has 0 aliphatic heterocycles. The summed E-state index contributed by atoms with van der Waals surface area (Å²) >= 11 is 0. The quantitative estimate of drug-likeness (QED) is 0.842. The van der Waals surface area contributed by atoms with Crippen molar-refractivity contribution in [3.63, 3.8) is 0 Å². The highest BCUT2D eigenvalue weighted by Crippen LogP contribution is 2.36. The molecule has 2 saturated carbocycles. The lowest BCUT2D eigenvalue weighted by molar-refractivity contribution is 0.0663. The van der Waals surface area contributed by atoms with Crippen LogP contribution >= 0.6 is 0 Å². The fourth-order valence-corrected chi connectivity index (χ4v) is 3.91. The van der Waals surface area contributed by atoms with E-state index in [1.807, 2.05) is 13.0 Å². The maximum Gasteiger partial charge on any atom is 0.256 e. The number of carbonyl (C=O) groups is 1. The third kappa shape index (κ3) is 2.73. The molecule has 0 saturated heterocycles. The molecule has 4 rings (SSSR count). The zero-order valence-corrected chi connectivity index (χ0v) is 14.0. The molecule has 0 unspecified atom stereocenters. The molecule has 2 aliphatic rings. The smallest absolute Gasteiger partial charge is 0.256 e. The summed E-state index contributed by atoms with van der Waals surface area (Å²) < 4.78 is 0. The first-order valence-electron chi connectivity index (χ1n) is 8.84. The second-order valence-electron chi connectivity index (χ2n) is 7.20. The first-order valence-corrected chi connectivity index (χ1v) is 8.84. The van der Waals surface area contributed by atoms with Gasteiger partial charge in [-0.3, -0.25) is 9.78 Å². The number of hydrogen-bond acceptors (Lipinski definition) is 2. The molecule has 1 aromatic carbocycles. The number of hydrogen-bond donors (Lipinski definition) is 0. The fourth-order valence-electron chi connectivity index (χ4n) is 3.91. The lowest BCUT2D eigenvalue weighted by Crippen LogP contribution is -2.41. The monoisotopic (exact) mass is 308 g/mol. The Hall–Kier alpha value is -1.90. The van der Waals surface area contributed by atoms with Gasteiger partial charge in [0, 0.05) is 17.5 Å². The molecule has 2 aromatic rings. The second kappa shape index (κ2) is 5.63. The molecule has 3 heteroatoms. The van der Waals surface area contributed by atoms with Crippen LogP contribution in [0, 0.1) is 13.8 Å². The van der Waals surface area contributed by atoms with Crippen molar-refractivity contribution in [2.45, 2.75) is 64.5 Å². The maximum absolute atomic E-state index is 13.2. The average molecular weight is 308 g/mol. The third-order valence-corrected chi connectivity index (χ3v) is 5.28. The SMILES string of the molecule is Cc1ccc2nc(C)c(C(=O)N(C3CCCC3)C3CC3)cc2c1. The highest BCUT2D eigenvalue weighted by atomic mass is 16.2. The molecular weight excluding hydrogens is 284 g/mol. The van der Waals surface area contributed by atoms with Gasteiger partial charge in [0.05, 0.1) is 16.8 Å². The summed E-state index contributed by atoms with van der Waals surface area (Å²) in [6, 6.07) is 9.21. The van der Waals surface area contributed by atoms with E-state index in [-0.39, 0.29) is 5.91 Å². The van der Waals surface area contributed by atoms with Crippen LogP contribution in [0.2, 0.25) is 0 Å². The van der Waals surface area contributed by atoms with Crippen LogP contribution in [0.15, 0.2) is 24.3 Å². The van der Waals surface area contributed by atoms with Crippen molar-refractivity contribution in [1.29, 1.82) is 0 Å². The number of pyridine rings is 1. The Kier molecular flexibility index (Phi) is 3.59. The van der Waals surface area contributed by atoms with Crippen molar-refractivity contribution in [3.05, 3.63) is 41.1 Å². The largest absolute Gasteiger partial charge is 0.333 e. The molecule has 0 bridgehead atoms. The Morgan fingerprint density at radius 2 is 1.74 bits per heavy atom. The van der Waals surface area contributed by atoms with Crippen LogP contribution in [-0.2, 0) is 0 Å². The first kappa shape index (κ1) is 14.7. The molecule has 0 N–H and O–H groups in total. The van der Waals surface area contributed by atoms with Gasteiger partial charge in [-0.05, 0) is 57.7 Å². The number of amides is 1. The Bertz CT molecular complexity index is 758. The molecule has 1 aromatic heterocycles. The van der Waals surface area contributed by atoms with Crippen LogP contribution in [0.5, 0.6) is 0 Å². The van der Waals surface area contributed by atoms with E-state index >= 15 is 0 Å². The van der Waals surface area contributed by atoms with Crippen LogP contribution in [0.25, 0.3) is 10.9 Å². The van der Waals surface area contributed by atoms with Crippen LogP contribution in [0.4, 0.5) is 0 Å². The van der Waals surface area contributed by atoms with E-state index < -0.39 is 0 Å². The number of aromatic nitrogens is 1. The van der Waals surface area contributed by atoms with Gasteiger partial charge in [0.25, 0.3) is 5.91 Å². The summed E-state index contributed by atoms with van der Waals surface area (Å²) in [5, 5.41) is 1.07. The van der Waals surface area contributed by atoms with Gasteiger partial charge in [0.1, 0.15) is 0 Å². The molecule has 3 nitrogen and oxygen atoms in total. The minimum absolute atomic E-state index is 0.202. The van der Waals surface area contributed by atoms with Crippen LogP contribution in [0.3, 0.4) is 0 Å². The van der Waals surface area contributed by atoms with E-state index in [0.29, 0.717) is 12.1 Å². The fraction of sp³-hybridized carbons (Fsp3) is 0.500. The van der Waals surface area contributed by atoms with Crippen molar-refractivity contribution in [3.8, 4) is 0 Å². The predicted octanol–water partition coefficient (Wildman–Crippen LogP) is 4.40. The van der Waals surface area contributed by atoms with Crippen molar-refractivity contribution >= 4 is 16.8 Å². The Morgan fingerprint density at radius 1 is 1.04 bits per heavy atom. The molecule has 2 fully saturated rings. The van der Waals surface area contributed by atoms with Gasteiger partial charge in [-0.2, -0.15) is 0 Å². The molecule has 0 spiro atoms.